The topological polar surface area (TPSA) is 66.5 Å². The quantitative estimate of drug-likeness (QED) is 0.763. The molecule has 0 saturated heterocycles. The van der Waals surface area contributed by atoms with Crippen LogP contribution < -0.4 is 5.32 Å². The summed E-state index contributed by atoms with van der Waals surface area (Å²) in [7, 11) is 0. The summed E-state index contributed by atoms with van der Waals surface area (Å²) in [5, 5.41) is 11.2. The third-order valence-electron chi connectivity index (χ3n) is 2.71. The fraction of sp³-hybridized carbons (Fsp3) is 0.444. The molecule has 0 bridgehead atoms. The lowest BCUT2D eigenvalue weighted by Crippen LogP contribution is -2.06. The maximum absolute atomic E-state index is 5.81. The Morgan fingerprint density at radius 1 is 1.53 bits per heavy atom. The Morgan fingerprint density at radius 2 is 2.33 bits per heavy atom. The number of nitrogens with zero attached hydrogens (tertiary/aromatic N) is 3. The first-order valence-corrected chi connectivity index (χ1v) is 5.25. The molecule has 1 aliphatic carbocycles. The van der Waals surface area contributed by atoms with E-state index in [1.807, 2.05) is 0 Å². The molecule has 0 radical (unpaired) electrons. The van der Waals surface area contributed by atoms with Gasteiger partial charge in [-0.1, -0.05) is 6.92 Å². The van der Waals surface area contributed by atoms with Crippen molar-refractivity contribution in [3.05, 3.63) is 11.5 Å². The minimum absolute atomic E-state index is 0.238. The van der Waals surface area contributed by atoms with Gasteiger partial charge in [-0.05, 0) is 23.9 Å². The van der Waals surface area contributed by atoms with Crippen molar-refractivity contribution in [2.24, 2.45) is 5.92 Å². The van der Waals surface area contributed by atoms with Crippen molar-refractivity contribution in [3.8, 4) is 0 Å². The molecule has 0 spiro atoms. The molecule has 3 rings (SSSR count). The minimum Gasteiger partial charge on any atom is -0.366 e. The maximum Gasteiger partial charge on any atom is 0.226 e. The van der Waals surface area contributed by atoms with Crippen LogP contribution in [0.2, 0.25) is 5.28 Å². The molecule has 2 atom stereocenters. The predicted molar refractivity (Wildman–Crippen MR) is 57.9 cm³/mol. The molecule has 2 aromatic heterocycles. The number of aromatic amines is 1. The summed E-state index contributed by atoms with van der Waals surface area (Å²) < 4.78 is 0. The standard InChI is InChI=1S/C9H10ClN5/c1-4-2-6(4)12-7-5-3-11-15-8(5)14-9(10)13-7/h3-4,6H,2H2,1H3,(H2,11,12,13,14,15). The summed E-state index contributed by atoms with van der Waals surface area (Å²) in [6, 6.07) is 0.508. The minimum atomic E-state index is 0.238. The molecule has 0 aliphatic heterocycles. The number of nitrogens with one attached hydrogen (secondary N) is 2. The first-order valence-electron chi connectivity index (χ1n) is 4.87. The number of fused-ring (bicyclic) bond motifs is 1. The van der Waals surface area contributed by atoms with Crippen LogP contribution in [0, 0.1) is 5.92 Å². The lowest BCUT2D eigenvalue weighted by Gasteiger charge is -2.04. The highest BCUT2D eigenvalue weighted by Crippen LogP contribution is 2.33. The SMILES string of the molecule is CC1CC1Nc1nc(Cl)nc2[nH]ncc12. The molecule has 6 heteroatoms. The fourth-order valence-electron chi connectivity index (χ4n) is 1.62. The van der Waals surface area contributed by atoms with E-state index < -0.39 is 0 Å². The van der Waals surface area contributed by atoms with Crippen molar-refractivity contribution >= 4 is 28.5 Å². The van der Waals surface area contributed by atoms with Crippen LogP contribution in [0.25, 0.3) is 11.0 Å². The van der Waals surface area contributed by atoms with E-state index in [1.54, 1.807) is 6.20 Å². The summed E-state index contributed by atoms with van der Waals surface area (Å²) in [5.74, 6) is 1.48. The summed E-state index contributed by atoms with van der Waals surface area (Å²) in [6.07, 6.45) is 2.89. The third-order valence-corrected chi connectivity index (χ3v) is 2.88. The molecular weight excluding hydrogens is 214 g/mol. The second-order valence-corrected chi connectivity index (χ2v) is 4.28. The van der Waals surface area contributed by atoms with E-state index in [-0.39, 0.29) is 5.28 Å². The Morgan fingerprint density at radius 3 is 3.07 bits per heavy atom. The molecule has 0 amide bonds. The van der Waals surface area contributed by atoms with Crippen molar-refractivity contribution in [2.45, 2.75) is 19.4 Å². The number of hydrogen-bond acceptors (Lipinski definition) is 4. The average Bonchev–Trinajstić information content (AvgIpc) is 2.71. The zero-order chi connectivity index (χ0) is 10.4. The molecule has 1 aliphatic rings. The van der Waals surface area contributed by atoms with E-state index in [2.05, 4.69) is 32.4 Å². The van der Waals surface area contributed by atoms with Gasteiger partial charge in [0.05, 0.1) is 11.6 Å². The molecule has 78 valence electrons. The van der Waals surface area contributed by atoms with Gasteiger partial charge in [0.2, 0.25) is 5.28 Å². The van der Waals surface area contributed by atoms with E-state index in [1.165, 1.54) is 6.42 Å². The van der Waals surface area contributed by atoms with Gasteiger partial charge in [0.1, 0.15) is 5.82 Å². The number of anilines is 1. The summed E-state index contributed by atoms with van der Waals surface area (Å²) >= 11 is 5.81. The number of aromatic nitrogens is 4. The largest absolute Gasteiger partial charge is 0.366 e. The summed E-state index contributed by atoms with van der Waals surface area (Å²) in [6.45, 7) is 2.20. The molecule has 2 N–H and O–H groups in total. The Kier molecular flexibility index (Phi) is 1.82. The van der Waals surface area contributed by atoms with Gasteiger partial charge in [-0.2, -0.15) is 15.1 Å². The van der Waals surface area contributed by atoms with Crippen LogP contribution in [0.4, 0.5) is 5.82 Å². The van der Waals surface area contributed by atoms with Gasteiger partial charge >= 0.3 is 0 Å². The lowest BCUT2D eigenvalue weighted by molar-refractivity contribution is 0.924. The summed E-state index contributed by atoms with van der Waals surface area (Å²) in [5.41, 5.74) is 0.672. The molecule has 2 aromatic rings. The first kappa shape index (κ1) is 8.91. The van der Waals surface area contributed by atoms with Crippen LogP contribution in [0.15, 0.2) is 6.20 Å². The molecule has 15 heavy (non-hydrogen) atoms. The van der Waals surface area contributed by atoms with Gasteiger partial charge in [0.15, 0.2) is 5.65 Å². The second-order valence-electron chi connectivity index (χ2n) is 3.94. The van der Waals surface area contributed by atoms with Gasteiger partial charge in [0.25, 0.3) is 0 Å². The normalized spacial score (nSPS) is 24.4. The zero-order valence-electron chi connectivity index (χ0n) is 8.16. The van der Waals surface area contributed by atoms with E-state index in [0.29, 0.717) is 17.6 Å². The van der Waals surface area contributed by atoms with Crippen LogP contribution in [-0.2, 0) is 0 Å². The van der Waals surface area contributed by atoms with Crippen LogP contribution in [-0.4, -0.2) is 26.2 Å². The van der Waals surface area contributed by atoms with E-state index in [4.69, 9.17) is 11.6 Å². The molecule has 1 saturated carbocycles. The van der Waals surface area contributed by atoms with Crippen LogP contribution in [0.3, 0.4) is 0 Å². The van der Waals surface area contributed by atoms with Gasteiger partial charge in [-0.15, -0.1) is 0 Å². The molecule has 0 aromatic carbocycles. The average molecular weight is 224 g/mol. The smallest absolute Gasteiger partial charge is 0.226 e. The maximum atomic E-state index is 5.81. The van der Waals surface area contributed by atoms with E-state index in [0.717, 1.165) is 11.2 Å². The second kappa shape index (κ2) is 3.06. The van der Waals surface area contributed by atoms with Crippen molar-refractivity contribution in [3.63, 3.8) is 0 Å². The Bertz CT molecular complexity index is 508. The summed E-state index contributed by atoms with van der Waals surface area (Å²) in [4.78, 5) is 8.21. The highest BCUT2D eigenvalue weighted by atomic mass is 35.5. The van der Waals surface area contributed by atoms with Crippen LogP contribution >= 0.6 is 11.6 Å². The van der Waals surface area contributed by atoms with Gasteiger partial charge in [-0.3, -0.25) is 5.10 Å². The van der Waals surface area contributed by atoms with E-state index in [9.17, 15) is 0 Å². The fourth-order valence-corrected chi connectivity index (χ4v) is 1.79. The predicted octanol–water partition coefficient (Wildman–Crippen LogP) is 1.83. The van der Waals surface area contributed by atoms with Crippen LogP contribution in [0.5, 0.6) is 0 Å². The number of H-pyrrole nitrogens is 1. The van der Waals surface area contributed by atoms with Crippen molar-refractivity contribution < 1.29 is 0 Å². The van der Waals surface area contributed by atoms with Crippen molar-refractivity contribution in [1.29, 1.82) is 0 Å². The number of hydrogen-bond donors (Lipinski definition) is 2. The van der Waals surface area contributed by atoms with Crippen LogP contribution in [0.1, 0.15) is 13.3 Å². The van der Waals surface area contributed by atoms with E-state index >= 15 is 0 Å². The Hall–Kier alpha value is -1.36. The molecule has 2 unspecified atom stereocenters. The Balaban J connectivity index is 2.03. The van der Waals surface area contributed by atoms with Crippen molar-refractivity contribution in [1.82, 2.24) is 20.2 Å². The number of halogens is 1. The van der Waals surface area contributed by atoms with Crippen molar-refractivity contribution in [2.75, 3.05) is 5.32 Å². The molecule has 5 nitrogen and oxygen atoms in total. The zero-order valence-corrected chi connectivity index (χ0v) is 8.91. The highest BCUT2D eigenvalue weighted by molar-refractivity contribution is 6.28. The number of rotatable bonds is 2. The molecule has 2 heterocycles. The van der Waals surface area contributed by atoms with Gasteiger partial charge in [-0.25, -0.2) is 0 Å². The Labute approximate surface area is 91.3 Å². The molecule has 1 fully saturated rings. The first-order chi connectivity index (χ1) is 7.24. The van der Waals surface area contributed by atoms with Gasteiger partial charge < -0.3 is 5.32 Å². The van der Waals surface area contributed by atoms with Gasteiger partial charge in [0, 0.05) is 6.04 Å². The monoisotopic (exact) mass is 223 g/mol. The molecular formula is C9H10ClN5. The highest BCUT2D eigenvalue weighted by Gasteiger charge is 2.33. The lowest BCUT2D eigenvalue weighted by atomic mass is 10.4. The third kappa shape index (κ3) is 1.52.